The van der Waals surface area contributed by atoms with Crippen molar-refractivity contribution in [2.24, 2.45) is 5.73 Å². The van der Waals surface area contributed by atoms with E-state index >= 15 is 0 Å². The second-order valence-corrected chi connectivity index (χ2v) is 2.37. The van der Waals surface area contributed by atoms with E-state index in [1.807, 2.05) is 11.8 Å². The Morgan fingerprint density at radius 1 is 1.38 bits per heavy atom. The zero-order valence-electron chi connectivity index (χ0n) is 8.92. The van der Waals surface area contributed by atoms with Crippen LogP contribution in [0.3, 0.4) is 0 Å². The van der Waals surface area contributed by atoms with Crippen molar-refractivity contribution in [1.29, 1.82) is 0 Å². The van der Waals surface area contributed by atoms with E-state index in [1.165, 1.54) is 0 Å². The van der Waals surface area contributed by atoms with Gasteiger partial charge in [0.05, 0.1) is 6.42 Å². The molecule has 6 heteroatoms. The quantitative estimate of drug-likeness (QED) is 0.546. The average molecular weight is 206 g/mol. The minimum atomic E-state index is -0.750. The van der Waals surface area contributed by atoms with E-state index in [0.29, 0.717) is 13.1 Å². The van der Waals surface area contributed by atoms with Gasteiger partial charge in [0.1, 0.15) is 0 Å². The molecule has 0 fully saturated rings. The van der Waals surface area contributed by atoms with Gasteiger partial charge < -0.3 is 15.7 Å². The summed E-state index contributed by atoms with van der Waals surface area (Å²) in [5, 5.41) is 8.37. The standard InChI is InChI=1S/C7H16N2O2.2Na/c1-2-9(6-4-8)5-3-7(10)11;;/h2-6,8H2,1H3,(H,10,11);;. The summed E-state index contributed by atoms with van der Waals surface area (Å²) >= 11 is 0. The van der Waals surface area contributed by atoms with Crippen molar-refractivity contribution >= 4 is 65.1 Å². The van der Waals surface area contributed by atoms with Crippen LogP contribution in [-0.2, 0) is 4.79 Å². The first-order valence-corrected chi connectivity index (χ1v) is 3.85. The maximum atomic E-state index is 10.2. The SMILES string of the molecule is CCN(CCN)CCC(=O)O.[Na].[Na]. The molecule has 0 unspecified atom stereocenters. The van der Waals surface area contributed by atoms with Crippen LogP contribution in [0.5, 0.6) is 0 Å². The van der Waals surface area contributed by atoms with Crippen LogP contribution in [0.25, 0.3) is 0 Å². The summed E-state index contributed by atoms with van der Waals surface area (Å²) in [6.07, 6.45) is 0.202. The second-order valence-electron chi connectivity index (χ2n) is 2.37. The van der Waals surface area contributed by atoms with E-state index < -0.39 is 5.97 Å². The molecule has 4 nitrogen and oxygen atoms in total. The van der Waals surface area contributed by atoms with Gasteiger partial charge >= 0.3 is 5.97 Å². The molecule has 0 aliphatic heterocycles. The van der Waals surface area contributed by atoms with Crippen molar-refractivity contribution < 1.29 is 9.90 Å². The van der Waals surface area contributed by atoms with Crippen molar-refractivity contribution in [2.45, 2.75) is 13.3 Å². The molecule has 0 saturated carbocycles. The molecule has 0 amide bonds. The fraction of sp³-hybridized carbons (Fsp3) is 0.857. The molecular weight excluding hydrogens is 190 g/mol. The zero-order chi connectivity index (χ0) is 8.69. The summed E-state index contributed by atoms with van der Waals surface area (Å²) < 4.78 is 0. The van der Waals surface area contributed by atoms with Gasteiger partial charge in [-0.05, 0) is 6.54 Å². The number of likely N-dealkylation sites (N-methyl/N-ethyl adjacent to an activating group) is 1. The van der Waals surface area contributed by atoms with E-state index in [-0.39, 0.29) is 65.5 Å². The minimum Gasteiger partial charge on any atom is -0.481 e. The van der Waals surface area contributed by atoms with Crippen molar-refractivity contribution in [2.75, 3.05) is 26.2 Å². The summed E-state index contributed by atoms with van der Waals surface area (Å²) in [5.74, 6) is -0.750. The van der Waals surface area contributed by atoms with Gasteiger partial charge in [-0.15, -0.1) is 0 Å². The Bertz CT molecular complexity index is 125. The first kappa shape index (κ1) is 19.9. The van der Waals surface area contributed by atoms with Gasteiger partial charge in [0, 0.05) is 78.7 Å². The van der Waals surface area contributed by atoms with Crippen molar-refractivity contribution in [3.8, 4) is 0 Å². The molecular formula is C7H16N2Na2O2. The van der Waals surface area contributed by atoms with Gasteiger partial charge in [-0.3, -0.25) is 4.79 Å². The van der Waals surface area contributed by atoms with E-state index in [0.717, 1.165) is 13.1 Å². The number of rotatable bonds is 6. The fourth-order valence-corrected chi connectivity index (χ4v) is 0.864. The number of hydrogen-bond donors (Lipinski definition) is 2. The van der Waals surface area contributed by atoms with Gasteiger partial charge in [-0.25, -0.2) is 0 Å². The number of carboxylic acids is 1. The number of hydrogen-bond acceptors (Lipinski definition) is 3. The van der Waals surface area contributed by atoms with Gasteiger partial charge in [0.15, 0.2) is 0 Å². The Kier molecular flexibility index (Phi) is 20.5. The Morgan fingerprint density at radius 3 is 2.23 bits per heavy atom. The number of aliphatic carboxylic acids is 1. The minimum absolute atomic E-state index is 0. The molecule has 0 saturated heterocycles. The van der Waals surface area contributed by atoms with E-state index in [9.17, 15) is 4.79 Å². The van der Waals surface area contributed by atoms with E-state index in [1.54, 1.807) is 0 Å². The summed E-state index contributed by atoms with van der Waals surface area (Å²) in [6.45, 7) is 4.84. The molecule has 2 radical (unpaired) electrons. The molecule has 0 aromatic carbocycles. The maximum absolute atomic E-state index is 10.2. The van der Waals surface area contributed by atoms with E-state index in [2.05, 4.69) is 0 Å². The average Bonchev–Trinajstić information content (AvgIpc) is 1.97. The van der Waals surface area contributed by atoms with Crippen molar-refractivity contribution in [1.82, 2.24) is 4.90 Å². The van der Waals surface area contributed by atoms with Gasteiger partial charge in [0.25, 0.3) is 0 Å². The zero-order valence-corrected chi connectivity index (χ0v) is 12.9. The van der Waals surface area contributed by atoms with Crippen LogP contribution in [0.15, 0.2) is 0 Å². The molecule has 0 aliphatic rings. The molecule has 0 aliphatic carbocycles. The summed E-state index contributed by atoms with van der Waals surface area (Å²) in [7, 11) is 0. The summed E-state index contributed by atoms with van der Waals surface area (Å²) in [4.78, 5) is 12.2. The molecule has 0 heterocycles. The summed E-state index contributed by atoms with van der Waals surface area (Å²) in [5.41, 5.74) is 5.32. The van der Waals surface area contributed by atoms with E-state index in [4.69, 9.17) is 10.8 Å². The monoisotopic (exact) mass is 206 g/mol. The first-order chi connectivity index (χ1) is 5.20. The second kappa shape index (κ2) is 13.4. The predicted molar refractivity (Wildman–Crippen MR) is 54.9 cm³/mol. The molecule has 0 bridgehead atoms. The van der Waals surface area contributed by atoms with Crippen molar-refractivity contribution in [3.63, 3.8) is 0 Å². The number of carboxylic acid groups (broad SMARTS) is 1. The molecule has 0 spiro atoms. The van der Waals surface area contributed by atoms with Crippen LogP contribution in [-0.4, -0.2) is 101 Å². The van der Waals surface area contributed by atoms with Crippen LogP contribution < -0.4 is 5.73 Å². The Morgan fingerprint density at radius 2 is 1.92 bits per heavy atom. The van der Waals surface area contributed by atoms with Gasteiger partial charge in [-0.2, -0.15) is 0 Å². The topological polar surface area (TPSA) is 66.6 Å². The van der Waals surface area contributed by atoms with Gasteiger partial charge in [0.2, 0.25) is 0 Å². The summed E-state index contributed by atoms with van der Waals surface area (Å²) in [6, 6.07) is 0. The number of nitrogens with zero attached hydrogens (tertiary/aromatic N) is 1. The third-order valence-electron chi connectivity index (χ3n) is 1.53. The van der Waals surface area contributed by atoms with Crippen LogP contribution in [0.4, 0.5) is 0 Å². The Hall–Kier alpha value is 1.39. The number of carbonyl (C=O) groups is 1. The molecule has 0 rings (SSSR count). The largest absolute Gasteiger partial charge is 0.481 e. The molecule has 3 N–H and O–H groups in total. The molecule has 13 heavy (non-hydrogen) atoms. The maximum Gasteiger partial charge on any atom is 0.304 e. The third-order valence-corrected chi connectivity index (χ3v) is 1.53. The smallest absolute Gasteiger partial charge is 0.304 e. The molecule has 68 valence electrons. The fourth-order valence-electron chi connectivity index (χ4n) is 0.864. The van der Waals surface area contributed by atoms with Crippen LogP contribution in [0.2, 0.25) is 0 Å². The van der Waals surface area contributed by atoms with Gasteiger partial charge in [-0.1, -0.05) is 6.92 Å². The number of nitrogens with two attached hydrogens (primary N) is 1. The first-order valence-electron chi connectivity index (χ1n) is 3.85. The van der Waals surface area contributed by atoms with Crippen LogP contribution in [0.1, 0.15) is 13.3 Å². The van der Waals surface area contributed by atoms with Crippen molar-refractivity contribution in [3.05, 3.63) is 0 Å². The normalized spacial score (nSPS) is 8.85. The Balaban J connectivity index is -0.000000500. The van der Waals surface area contributed by atoms with Crippen LogP contribution >= 0.6 is 0 Å². The Labute approximate surface area is 124 Å². The van der Waals surface area contributed by atoms with Crippen LogP contribution in [0, 0.1) is 0 Å². The third kappa shape index (κ3) is 13.4. The predicted octanol–water partition coefficient (Wildman–Crippen LogP) is -1.02. The molecule has 0 aromatic rings. The molecule has 0 aromatic heterocycles. The molecule has 0 atom stereocenters.